The summed E-state index contributed by atoms with van der Waals surface area (Å²) < 4.78 is 235. The molecule has 0 fully saturated rings. The van der Waals surface area contributed by atoms with Crippen molar-refractivity contribution in [2.75, 3.05) is 0 Å². The van der Waals surface area contributed by atoms with Crippen LogP contribution in [0, 0.1) is 58.2 Å². The Hall–Kier alpha value is -6.08. The number of hydrogen-bond acceptors (Lipinski definition) is 4. The van der Waals surface area contributed by atoms with Crippen LogP contribution in [0.1, 0.15) is 11.1 Å². The predicted octanol–water partition coefficient (Wildman–Crippen LogP) is 9.89. The van der Waals surface area contributed by atoms with Gasteiger partial charge in [0.05, 0.1) is 56.8 Å². The quantitative estimate of drug-likeness (QED) is 0.166. The smallest absolute Gasteiger partial charge is 0.248 e. The lowest BCUT2D eigenvalue weighted by Crippen LogP contribution is -2.20. The van der Waals surface area contributed by atoms with Crippen LogP contribution in [0.3, 0.4) is 0 Å². The number of allylic oxidation sites excluding steroid dienone is 12. The number of alkyl halides is 6. The second-order valence-electron chi connectivity index (χ2n) is 11.2. The van der Waals surface area contributed by atoms with E-state index >= 15 is 17.6 Å². The number of halogens is 16. The zero-order valence-electron chi connectivity index (χ0n) is 25.5. The van der Waals surface area contributed by atoms with Crippen molar-refractivity contribution >= 4 is 34.0 Å². The van der Waals surface area contributed by atoms with Crippen LogP contribution in [0.25, 0.3) is 11.1 Å². The van der Waals surface area contributed by atoms with Crippen molar-refractivity contribution in [3.63, 3.8) is 0 Å². The molecule has 0 amide bonds. The molecule has 5 heterocycles. The standard InChI is InChI=1S/C34H8F16N4/c35-23-19(24(36)28(40)31(43)27(23)39)17-9-1-5-13(51-9)21(33(45,46)47)14-7-3-11(53-14)18(20-25(37)29(41)32(44)30(42)26(20)38)12-4-8-16(54-12)22(34(48,49)50)15-6-2-10(17)52-15/h1-8H. The normalized spacial score (nSPS) is 18.2. The molecule has 0 atom stereocenters. The third-order valence-electron chi connectivity index (χ3n) is 8.10. The van der Waals surface area contributed by atoms with Crippen molar-refractivity contribution in [3.05, 3.63) is 152 Å². The van der Waals surface area contributed by atoms with E-state index in [1.165, 1.54) is 0 Å². The summed E-state index contributed by atoms with van der Waals surface area (Å²) in [7, 11) is 0. The van der Waals surface area contributed by atoms with Crippen molar-refractivity contribution in [3.8, 4) is 0 Å². The Balaban J connectivity index is 1.64. The van der Waals surface area contributed by atoms with Gasteiger partial charge < -0.3 is 0 Å². The Labute approximate surface area is 288 Å². The SMILES string of the molecule is Fc1c(F)c(F)c(C2=C3C=CC(=N3)C(C(F)(F)F)=C3C=CC(=N3)C(c3c(F)c(F)c(F)c(F)c3F)=C3C=CC(=N3)C(C(F)(F)F)=C3C=CC2=N3)c(F)c1F. The van der Waals surface area contributed by atoms with Crippen LogP contribution in [0.15, 0.2) is 103 Å². The van der Waals surface area contributed by atoms with Crippen LogP contribution in [0.2, 0.25) is 0 Å². The molecule has 0 aromatic heterocycles. The summed E-state index contributed by atoms with van der Waals surface area (Å²) in [6, 6.07) is 0. The minimum atomic E-state index is -5.49. The molecule has 5 aliphatic heterocycles. The first kappa shape index (κ1) is 36.3. The largest absolute Gasteiger partial charge is 0.420 e. The zero-order chi connectivity index (χ0) is 39.3. The molecule has 0 saturated heterocycles. The van der Waals surface area contributed by atoms with Gasteiger partial charge in [-0.2, -0.15) is 26.3 Å². The lowest BCUT2D eigenvalue weighted by molar-refractivity contribution is -0.0875. The maximum absolute atomic E-state index is 15.2. The van der Waals surface area contributed by atoms with E-state index in [-0.39, 0.29) is 0 Å². The maximum Gasteiger partial charge on any atom is 0.420 e. The molecule has 0 N–H and O–H groups in total. The number of aliphatic imine (C=N–C) groups is 4. The lowest BCUT2D eigenvalue weighted by Gasteiger charge is -2.15. The molecule has 7 rings (SSSR count). The topological polar surface area (TPSA) is 49.4 Å². The van der Waals surface area contributed by atoms with Crippen molar-refractivity contribution in [2.45, 2.75) is 12.4 Å². The first-order valence-corrected chi connectivity index (χ1v) is 14.5. The number of nitrogens with zero attached hydrogens (tertiary/aromatic N) is 4. The van der Waals surface area contributed by atoms with Gasteiger partial charge in [-0.1, -0.05) is 0 Å². The molecule has 0 aliphatic carbocycles. The van der Waals surface area contributed by atoms with E-state index < -0.39 is 150 Å². The van der Waals surface area contributed by atoms with E-state index in [2.05, 4.69) is 20.0 Å². The fourth-order valence-electron chi connectivity index (χ4n) is 5.83. The molecule has 276 valence electrons. The highest BCUT2D eigenvalue weighted by Gasteiger charge is 2.44. The summed E-state index contributed by atoms with van der Waals surface area (Å²) in [6.45, 7) is 0. The fourth-order valence-corrected chi connectivity index (χ4v) is 5.83. The van der Waals surface area contributed by atoms with Gasteiger partial charge in [0.1, 0.15) is 11.1 Å². The molecular formula is C34H8F16N4. The summed E-state index contributed by atoms with van der Waals surface area (Å²) in [5, 5.41) is 0. The molecule has 0 radical (unpaired) electrons. The Morgan fingerprint density at radius 1 is 0.296 bits per heavy atom. The van der Waals surface area contributed by atoms with Crippen molar-refractivity contribution in [1.82, 2.24) is 0 Å². The molecule has 0 saturated carbocycles. The molecular weight excluding hydrogens is 768 g/mol. The second kappa shape index (κ2) is 12.2. The van der Waals surface area contributed by atoms with Gasteiger partial charge in [-0.25, -0.2) is 63.9 Å². The van der Waals surface area contributed by atoms with Crippen molar-refractivity contribution < 1.29 is 70.2 Å². The summed E-state index contributed by atoms with van der Waals surface area (Å²) >= 11 is 0. The summed E-state index contributed by atoms with van der Waals surface area (Å²) in [6.07, 6.45) is -6.59. The summed E-state index contributed by atoms with van der Waals surface area (Å²) in [5.41, 5.74) is -18.5. The third-order valence-corrected chi connectivity index (χ3v) is 8.10. The van der Waals surface area contributed by atoms with E-state index in [4.69, 9.17) is 0 Å². The zero-order valence-corrected chi connectivity index (χ0v) is 25.5. The molecule has 8 bridgehead atoms. The van der Waals surface area contributed by atoms with E-state index in [1.807, 2.05) is 0 Å². The second-order valence-corrected chi connectivity index (χ2v) is 11.2. The van der Waals surface area contributed by atoms with Gasteiger partial charge >= 0.3 is 12.4 Å². The van der Waals surface area contributed by atoms with Gasteiger partial charge in [0, 0.05) is 11.1 Å². The minimum absolute atomic E-state index is 0.521. The van der Waals surface area contributed by atoms with Gasteiger partial charge in [0.15, 0.2) is 46.5 Å². The molecule has 5 aliphatic rings. The minimum Gasteiger partial charge on any atom is -0.248 e. The number of hydrogen-bond donors (Lipinski definition) is 0. The highest BCUT2D eigenvalue weighted by molar-refractivity contribution is 6.34. The molecule has 0 spiro atoms. The Morgan fingerprint density at radius 2 is 0.537 bits per heavy atom. The van der Waals surface area contributed by atoms with Crippen molar-refractivity contribution in [1.29, 1.82) is 0 Å². The number of fused-ring (bicyclic) bond motifs is 4. The molecule has 20 heteroatoms. The van der Waals surface area contributed by atoms with Crippen LogP contribution in [-0.4, -0.2) is 35.2 Å². The van der Waals surface area contributed by atoms with Gasteiger partial charge in [-0.3, -0.25) is 0 Å². The Kier molecular flexibility index (Phi) is 8.22. The molecule has 2 aromatic carbocycles. The van der Waals surface area contributed by atoms with Crippen LogP contribution >= 0.6 is 0 Å². The van der Waals surface area contributed by atoms with Gasteiger partial charge in [0.2, 0.25) is 11.6 Å². The Bertz CT molecular complexity index is 2310. The fraction of sp³-hybridized carbons (Fsp3) is 0.0588. The summed E-state index contributed by atoms with van der Waals surface area (Å²) in [4.78, 5) is 14.6. The predicted molar refractivity (Wildman–Crippen MR) is 159 cm³/mol. The van der Waals surface area contributed by atoms with E-state index in [0.29, 0.717) is 48.6 Å². The monoisotopic (exact) mass is 776 g/mol. The third kappa shape index (κ3) is 5.49. The molecule has 0 unspecified atom stereocenters. The van der Waals surface area contributed by atoms with Crippen LogP contribution in [0.4, 0.5) is 70.2 Å². The van der Waals surface area contributed by atoms with Crippen LogP contribution in [0.5, 0.6) is 0 Å². The first-order chi connectivity index (χ1) is 25.2. The van der Waals surface area contributed by atoms with Gasteiger partial charge in [-0.15, -0.1) is 0 Å². The van der Waals surface area contributed by atoms with Gasteiger partial charge in [-0.05, 0) is 48.6 Å². The average molecular weight is 776 g/mol. The average Bonchev–Trinajstić information content (AvgIpc) is 3.93. The lowest BCUT2D eigenvalue weighted by atomic mass is 9.97. The number of rotatable bonds is 2. The van der Waals surface area contributed by atoms with E-state index in [1.54, 1.807) is 0 Å². The Morgan fingerprint density at radius 3 is 0.833 bits per heavy atom. The van der Waals surface area contributed by atoms with Crippen molar-refractivity contribution in [2.24, 2.45) is 20.0 Å². The molecule has 54 heavy (non-hydrogen) atoms. The maximum atomic E-state index is 15.2. The summed E-state index contributed by atoms with van der Waals surface area (Å²) in [5.74, 6) is -25.6. The van der Waals surface area contributed by atoms with Crippen LogP contribution < -0.4 is 0 Å². The van der Waals surface area contributed by atoms with E-state index in [9.17, 15) is 52.7 Å². The highest BCUT2D eigenvalue weighted by atomic mass is 19.4. The van der Waals surface area contributed by atoms with E-state index in [0.717, 1.165) is 0 Å². The first-order valence-electron chi connectivity index (χ1n) is 14.5. The molecule has 4 nitrogen and oxygen atoms in total. The molecule has 2 aromatic rings. The van der Waals surface area contributed by atoms with Gasteiger partial charge in [0.25, 0.3) is 0 Å². The highest BCUT2D eigenvalue weighted by Crippen LogP contribution is 2.43. The number of benzene rings is 2. The van der Waals surface area contributed by atoms with Crippen LogP contribution in [-0.2, 0) is 0 Å².